The second-order valence-electron chi connectivity index (χ2n) is 7.66. The Hall–Kier alpha value is -2.78. The number of fused-ring (bicyclic) bond motifs is 1. The zero-order valence-electron chi connectivity index (χ0n) is 17.3. The first-order valence-electron chi connectivity index (χ1n) is 10.4. The Morgan fingerprint density at radius 2 is 1.74 bits per heavy atom. The SMILES string of the molecule is C[C@H](NC(=O)c1ccc(NS(=O)(=O)c2ccc3c(c2)OCCCO3)cc1)[C@@H]1CCCO1. The van der Waals surface area contributed by atoms with Gasteiger partial charge in [0.25, 0.3) is 15.9 Å². The van der Waals surface area contributed by atoms with Crippen LogP contribution in [0.25, 0.3) is 0 Å². The number of nitrogens with one attached hydrogen (secondary N) is 2. The monoisotopic (exact) mass is 446 g/mol. The van der Waals surface area contributed by atoms with Gasteiger partial charge >= 0.3 is 0 Å². The third kappa shape index (κ3) is 5.11. The second kappa shape index (κ2) is 9.15. The quantitative estimate of drug-likeness (QED) is 0.707. The molecule has 31 heavy (non-hydrogen) atoms. The van der Waals surface area contributed by atoms with Crippen LogP contribution in [0.15, 0.2) is 47.4 Å². The van der Waals surface area contributed by atoms with E-state index >= 15 is 0 Å². The van der Waals surface area contributed by atoms with Gasteiger partial charge < -0.3 is 19.5 Å². The maximum Gasteiger partial charge on any atom is 0.262 e. The predicted octanol–water partition coefficient (Wildman–Crippen LogP) is 2.95. The first kappa shape index (κ1) is 21.5. The minimum atomic E-state index is -3.82. The minimum Gasteiger partial charge on any atom is -0.490 e. The zero-order valence-corrected chi connectivity index (χ0v) is 18.1. The van der Waals surface area contributed by atoms with E-state index in [1.165, 1.54) is 12.1 Å². The Bertz CT molecular complexity index is 1030. The second-order valence-corrected chi connectivity index (χ2v) is 9.34. The molecule has 0 unspecified atom stereocenters. The standard InChI is InChI=1S/C22H26N2O6S/c1-15(19-4-2-11-28-19)23-22(25)16-5-7-17(8-6-16)24-31(26,27)18-9-10-20-21(14-18)30-13-3-12-29-20/h5-10,14-15,19,24H,2-4,11-13H2,1H3,(H,23,25)/t15-,19-/m0/s1. The molecule has 0 saturated carbocycles. The van der Waals surface area contributed by atoms with Gasteiger partial charge in [0.05, 0.1) is 30.3 Å². The van der Waals surface area contributed by atoms with E-state index in [2.05, 4.69) is 10.0 Å². The van der Waals surface area contributed by atoms with Crippen molar-refractivity contribution in [2.45, 2.75) is 43.2 Å². The smallest absolute Gasteiger partial charge is 0.262 e. The van der Waals surface area contributed by atoms with E-state index in [0.717, 1.165) is 25.9 Å². The summed E-state index contributed by atoms with van der Waals surface area (Å²) in [5, 5.41) is 2.94. The first-order valence-corrected chi connectivity index (χ1v) is 11.9. The summed E-state index contributed by atoms with van der Waals surface area (Å²) >= 11 is 0. The summed E-state index contributed by atoms with van der Waals surface area (Å²) in [6.07, 6.45) is 2.71. The van der Waals surface area contributed by atoms with Gasteiger partial charge in [-0.2, -0.15) is 0 Å². The highest BCUT2D eigenvalue weighted by Crippen LogP contribution is 2.32. The fourth-order valence-electron chi connectivity index (χ4n) is 3.59. The van der Waals surface area contributed by atoms with Crippen LogP contribution >= 0.6 is 0 Å². The van der Waals surface area contributed by atoms with E-state index in [1.54, 1.807) is 30.3 Å². The summed E-state index contributed by atoms with van der Waals surface area (Å²) in [7, 11) is -3.82. The Balaban J connectivity index is 1.42. The number of hydrogen-bond acceptors (Lipinski definition) is 6. The van der Waals surface area contributed by atoms with Gasteiger partial charge in [-0.05, 0) is 56.2 Å². The third-order valence-corrected chi connectivity index (χ3v) is 6.69. The van der Waals surface area contributed by atoms with E-state index in [4.69, 9.17) is 14.2 Å². The first-order chi connectivity index (χ1) is 14.9. The summed E-state index contributed by atoms with van der Waals surface area (Å²) in [6.45, 7) is 3.65. The average molecular weight is 447 g/mol. The average Bonchev–Trinajstić information content (AvgIpc) is 3.19. The topological polar surface area (TPSA) is 103 Å². The summed E-state index contributed by atoms with van der Waals surface area (Å²) in [6, 6.07) is 10.7. The molecule has 4 rings (SSSR count). The molecule has 166 valence electrons. The van der Waals surface area contributed by atoms with Crippen molar-refractivity contribution in [3.05, 3.63) is 48.0 Å². The van der Waals surface area contributed by atoms with Gasteiger partial charge in [-0.3, -0.25) is 9.52 Å². The summed E-state index contributed by atoms with van der Waals surface area (Å²) < 4.78 is 44.8. The minimum absolute atomic E-state index is 0.0327. The molecule has 0 bridgehead atoms. The Morgan fingerprint density at radius 1 is 1.00 bits per heavy atom. The number of sulfonamides is 1. The molecule has 0 spiro atoms. The number of hydrogen-bond donors (Lipinski definition) is 2. The van der Waals surface area contributed by atoms with Gasteiger partial charge in [-0.1, -0.05) is 0 Å². The summed E-state index contributed by atoms with van der Waals surface area (Å²) in [5.74, 6) is 0.720. The molecule has 9 heteroatoms. The number of ether oxygens (including phenoxy) is 3. The van der Waals surface area contributed by atoms with Crippen molar-refractivity contribution in [2.75, 3.05) is 24.5 Å². The highest BCUT2D eigenvalue weighted by molar-refractivity contribution is 7.92. The molecule has 2 N–H and O–H groups in total. The summed E-state index contributed by atoms with van der Waals surface area (Å²) in [4.78, 5) is 12.5. The number of benzene rings is 2. The lowest BCUT2D eigenvalue weighted by Crippen LogP contribution is -2.40. The largest absolute Gasteiger partial charge is 0.490 e. The van der Waals surface area contributed by atoms with Crippen molar-refractivity contribution >= 4 is 21.6 Å². The van der Waals surface area contributed by atoms with Crippen molar-refractivity contribution in [2.24, 2.45) is 0 Å². The zero-order chi connectivity index (χ0) is 21.8. The van der Waals surface area contributed by atoms with E-state index in [1.807, 2.05) is 6.92 Å². The predicted molar refractivity (Wildman–Crippen MR) is 115 cm³/mol. The number of carbonyl (C=O) groups is 1. The van der Waals surface area contributed by atoms with Crippen molar-refractivity contribution < 1.29 is 27.4 Å². The van der Waals surface area contributed by atoms with Crippen LogP contribution in [0.1, 0.15) is 36.5 Å². The molecule has 0 aromatic heterocycles. The molecule has 0 radical (unpaired) electrons. The van der Waals surface area contributed by atoms with E-state index in [9.17, 15) is 13.2 Å². The number of rotatable bonds is 6. The lowest BCUT2D eigenvalue weighted by molar-refractivity contribution is 0.0712. The van der Waals surface area contributed by atoms with Crippen molar-refractivity contribution in [1.29, 1.82) is 0 Å². The fourth-order valence-corrected chi connectivity index (χ4v) is 4.67. The van der Waals surface area contributed by atoms with Crippen molar-refractivity contribution in [1.82, 2.24) is 5.32 Å². The Morgan fingerprint density at radius 3 is 2.45 bits per heavy atom. The molecule has 2 aliphatic heterocycles. The van der Waals surface area contributed by atoms with Crippen LogP contribution in [0.5, 0.6) is 11.5 Å². The maximum atomic E-state index is 12.8. The molecule has 2 aromatic carbocycles. The van der Waals surface area contributed by atoms with E-state index < -0.39 is 10.0 Å². The molecule has 2 heterocycles. The number of anilines is 1. The van der Waals surface area contributed by atoms with Gasteiger partial charge in [0.2, 0.25) is 0 Å². The summed E-state index contributed by atoms with van der Waals surface area (Å²) in [5.41, 5.74) is 0.805. The Labute approximate surface area is 181 Å². The van der Waals surface area contributed by atoms with Crippen LogP contribution in [-0.2, 0) is 14.8 Å². The molecule has 1 amide bonds. The molecule has 0 aliphatic carbocycles. The number of amides is 1. The third-order valence-electron chi connectivity index (χ3n) is 5.31. The molecular formula is C22H26N2O6S. The van der Waals surface area contributed by atoms with Crippen LogP contribution in [0.2, 0.25) is 0 Å². The molecule has 2 atom stereocenters. The Kier molecular flexibility index (Phi) is 6.33. The lowest BCUT2D eigenvalue weighted by Gasteiger charge is -2.20. The maximum absolute atomic E-state index is 12.8. The molecule has 1 fully saturated rings. The van der Waals surface area contributed by atoms with Crippen LogP contribution in [0.3, 0.4) is 0 Å². The van der Waals surface area contributed by atoms with Gasteiger partial charge in [-0.25, -0.2) is 8.42 Å². The van der Waals surface area contributed by atoms with Crippen LogP contribution in [0.4, 0.5) is 5.69 Å². The molecular weight excluding hydrogens is 420 g/mol. The van der Waals surface area contributed by atoms with Crippen LogP contribution < -0.4 is 19.5 Å². The van der Waals surface area contributed by atoms with E-state index in [0.29, 0.717) is 36.0 Å². The molecule has 2 aliphatic rings. The molecule has 2 aromatic rings. The van der Waals surface area contributed by atoms with Crippen LogP contribution in [0, 0.1) is 0 Å². The van der Waals surface area contributed by atoms with E-state index in [-0.39, 0.29) is 22.9 Å². The molecule has 1 saturated heterocycles. The normalized spacial score (nSPS) is 19.3. The highest BCUT2D eigenvalue weighted by Gasteiger charge is 2.24. The lowest BCUT2D eigenvalue weighted by atomic mass is 10.1. The highest BCUT2D eigenvalue weighted by atomic mass is 32.2. The van der Waals surface area contributed by atoms with Gasteiger partial charge in [-0.15, -0.1) is 0 Å². The molecule has 8 nitrogen and oxygen atoms in total. The van der Waals surface area contributed by atoms with Crippen LogP contribution in [-0.4, -0.2) is 46.3 Å². The van der Waals surface area contributed by atoms with Crippen molar-refractivity contribution in [3.63, 3.8) is 0 Å². The number of carbonyl (C=O) groups excluding carboxylic acids is 1. The van der Waals surface area contributed by atoms with Gasteiger partial charge in [0, 0.05) is 30.3 Å². The van der Waals surface area contributed by atoms with Gasteiger partial charge in [0.15, 0.2) is 11.5 Å². The fraction of sp³-hybridized carbons (Fsp3) is 0.409. The van der Waals surface area contributed by atoms with Crippen molar-refractivity contribution in [3.8, 4) is 11.5 Å². The van der Waals surface area contributed by atoms with Gasteiger partial charge in [0.1, 0.15) is 0 Å².